The smallest absolute Gasteiger partial charge is 0.134 e. The van der Waals surface area contributed by atoms with Crippen molar-refractivity contribution in [1.82, 2.24) is 5.32 Å². The van der Waals surface area contributed by atoms with E-state index in [2.05, 4.69) is 71.5 Å². The minimum absolute atomic E-state index is 0.327. The molecule has 4 bridgehead atoms. The second-order valence-electron chi connectivity index (χ2n) is 10.0. The van der Waals surface area contributed by atoms with Crippen molar-refractivity contribution in [2.75, 3.05) is 0 Å². The fourth-order valence-electron chi connectivity index (χ4n) is 7.16. The lowest BCUT2D eigenvalue weighted by atomic mass is 9.43. The van der Waals surface area contributed by atoms with Crippen LogP contribution in [0.2, 0.25) is 0 Å². The number of hydrogen-bond donors (Lipinski definition) is 1. The number of furan rings is 1. The van der Waals surface area contributed by atoms with Crippen molar-refractivity contribution in [3.05, 3.63) is 46.6 Å². The number of halogens is 1. The minimum Gasteiger partial charge on any atom is -0.460 e. The van der Waals surface area contributed by atoms with Crippen molar-refractivity contribution in [2.45, 2.75) is 64.5 Å². The Morgan fingerprint density at radius 3 is 2.31 bits per heavy atom. The Morgan fingerprint density at radius 2 is 1.65 bits per heavy atom. The molecule has 26 heavy (non-hydrogen) atoms. The van der Waals surface area contributed by atoms with Gasteiger partial charge in [-0.3, -0.25) is 0 Å². The van der Waals surface area contributed by atoms with E-state index >= 15 is 0 Å². The lowest BCUT2D eigenvalue weighted by Gasteiger charge is -2.65. The number of rotatable bonds is 4. The van der Waals surface area contributed by atoms with Gasteiger partial charge in [0.1, 0.15) is 11.5 Å². The molecule has 3 heteroatoms. The zero-order chi connectivity index (χ0) is 18.0. The fourth-order valence-corrected chi connectivity index (χ4v) is 7.43. The van der Waals surface area contributed by atoms with Gasteiger partial charge in [0, 0.05) is 15.6 Å². The summed E-state index contributed by atoms with van der Waals surface area (Å²) in [4.78, 5) is 0. The van der Waals surface area contributed by atoms with Gasteiger partial charge < -0.3 is 9.73 Å². The lowest BCUT2D eigenvalue weighted by Crippen LogP contribution is -2.63. The van der Waals surface area contributed by atoms with E-state index in [4.69, 9.17) is 4.42 Å². The van der Waals surface area contributed by atoms with Gasteiger partial charge in [-0.05, 0) is 79.5 Å². The summed E-state index contributed by atoms with van der Waals surface area (Å²) < 4.78 is 7.24. The van der Waals surface area contributed by atoms with Crippen LogP contribution in [0, 0.1) is 16.7 Å². The Hall–Kier alpha value is -1.06. The summed E-state index contributed by atoms with van der Waals surface area (Å²) in [6.07, 6.45) is 8.35. The molecule has 0 aliphatic heterocycles. The maximum absolute atomic E-state index is 6.15. The first kappa shape index (κ1) is 17.1. The molecule has 1 heterocycles. The van der Waals surface area contributed by atoms with E-state index in [-0.39, 0.29) is 0 Å². The Morgan fingerprint density at radius 1 is 0.962 bits per heavy atom. The highest BCUT2D eigenvalue weighted by Gasteiger charge is 2.59. The third-order valence-electron chi connectivity index (χ3n) is 7.05. The van der Waals surface area contributed by atoms with E-state index in [0.29, 0.717) is 16.4 Å². The molecule has 6 rings (SSSR count). The third kappa shape index (κ3) is 2.97. The monoisotopic (exact) mass is 413 g/mol. The molecule has 2 nitrogen and oxygen atoms in total. The number of nitrogens with one attached hydrogen (secondary N) is 1. The Bertz CT molecular complexity index is 805. The molecular weight excluding hydrogens is 386 g/mol. The number of hydrogen-bond acceptors (Lipinski definition) is 2. The Kier molecular flexibility index (Phi) is 3.75. The third-order valence-corrected chi connectivity index (χ3v) is 7.58. The molecule has 4 aliphatic carbocycles. The summed E-state index contributed by atoms with van der Waals surface area (Å²) >= 11 is 3.49. The summed E-state index contributed by atoms with van der Waals surface area (Å²) in [6, 6.07) is 12.6. The van der Waals surface area contributed by atoms with E-state index < -0.39 is 0 Å². The van der Waals surface area contributed by atoms with Gasteiger partial charge in [-0.25, -0.2) is 0 Å². The van der Waals surface area contributed by atoms with Crippen LogP contribution in [0.25, 0.3) is 11.3 Å². The normalized spacial score (nSPS) is 38.0. The van der Waals surface area contributed by atoms with Gasteiger partial charge in [-0.1, -0.05) is 41.9 Å². The van der Waals surface area contributed by atoms with Crippen molar-refractivity contribution < 1.29 is 4.42 Å². The standard InChI is InChI=1S/C23H28BrNO/c1-21-9-16-10-22(2,13-21)15-23(11-16,14-21)25-12-19-7-8-20(26-19)17-3-5-18(24)6-4-17/h3-8,16,25H,9-15H2,1-2H3/t16?,21-,22+,23?. The Balaban J connectivity index is 1.32. The van der Waals surface area contributed by atoms with Gasteiger partial charge in [-0.15, -0.1) is 0 Å². The van der Waals surface area contributed by atoms with Crippen molar-refractivity contribution in [3.63, 3.8) is 0 Å². The topological polar surface area (TPSA) is 25.2 Å². The number of benzene rings is 1. The van der Waals surface area contributed by atoms with Crippen LogP contribution in [0.15, 0.2) is 45.3 Å². The van der Waals surface area contributed by atoms with Gasteiger partial charge in [0.05, 0.1) is 6.54 Å². The van der Waals surface area contributed by atoms with E-state index in [9.17, 15) is 0 Å². The molecule has 0 saturated heterocycles. The van der Waals surface area contributed by atoms with E-state index in [0.717, 1.165) is 34.0 Å². The first-order chi connectivity index (χ1) is 12.3. The van der Waals surface area contributed by atoms with Crippen molar-refractivity contribution >= 4 is 15.9 Å². The molecule has 2 unspecified atom stereocenters. The van der Waals surface area contributed by atoms with E-state index in [1.165, 1.54) is 38.5 Å². The predicted molar refractivity (Wildman–Crippen MR) is 109 cm³/mol. The summed E-state index contributed by atoms with van der Waals surface area (Å²) in [5, 5.41) is 3.97. The second-order valence-corrected chi connectivity index (χ2v) is 11.0. The van der Waals surface area contributed by atoms with Gasteiger partial charge in [0.25, 0.3) is 0 Å². The van der Waals surface area contributed by atoms with Gasteiger partial charge in [0.15, 0.2) is 0 Å². The zero-order valence-corrected chi connectivity index (χ0v) is 17.4. The van der Waals surface area contributed by atoms with Crippen LogP contribution >= 0.6 is 15.9 Å². The van der Waals surface area contributed by atoms with Crippen molar-refractivity contribution in [2.24, 2.45) is 16.7 Å². The molecule has 138 valence electrons. The van der Waals surface area contributed by atoms with E-state index in [1.807, 2.05) is 0 Å². The SMILES string of the molecule is C[C@]12CC3CC(NCc4ccc(-c5ccc(Br)cc5)o4)(C1)C[C@@](C)(C3)C2. The molecule has 1 aromatic heterocycles. The van der Waals surface area contributed by atoms with Gasteiger partial charge in [-0.2, -0.15) is 0 Å². The maximum Gasteiger partial charge on any atom is 0.134 e. The van der Waals surface area contributed by atoms with Crippen LogP contribution in [-0.2, 0) is 6.54 Å². The zero-order valence-electron chi connectivity index (χ0n) is 15.8. The highest BCUT2D eigenvalue weighted by Crippen LogP contribution is 2.66. The quantitative estimate of drug-likeness (QED) is 0.614. The van der Waals surface area contributed by atoms with Crippen molar-refractivity contribution in [3.8, 4) is 11.3 Å². The fraction of sp³-hybridized carbons (Fsp3) is 0.565. The molecule has 4 fully saturated rings. The molecule has 4 aliphatic rings. The lowest BCUT2D eigenvalue weighted by molar-refractivity contribution is -0.118. The van der Waals surface area contributed by atoms with Crippen molar-refractivity contribution in [1.29, 1.82) is 0 Å². The first-order valence-corrected chi connectivity index (χ1v) is 10.7. The highest BCUT2D eigenvalue weighted by molar-refractivity contribution is 9.10. The largest absolute Gasteiger partial charge is 0.460 e. The predicted octanol–water partition coefficient (Wildman–Crippen LogP) is 6.55. The summed E-state index contributed by atoms with van der Waals surface area (Å²) in [5.74, 6) is 2.93. The van der Waals surface area contributed by atoms with Crippen LogP contribution in [0.3, 0.4) is 0 Å². The first-order valence-electron chi connectivity index (χ1n) is 9.94. The molecule has 0 radical (unpaired) electrons. The van der Waals surface area contributed by atoms with Gasteiger partial charge >= 0.3 is 0 Å². The van der Waals surface area contributed by atoms with Crippen LogP contribution < -0.4 is 5.32 Å². The van der Waals surface area contributed by atoms with Crippen LogP contribution in [-0.4, -0.2) is 5.54 Å². The Labute approximate surface area is 164 Å². The average Bonchev–Trinajstić information content (AvgIpc) is 2.99. The highest BCUT2D eigenvalue weighted by atomic mass is 79.9. The second kappa shape index (κ2) is 5.72. The molecule has 1 N–H and O–H groups in total. The summed E-state index contributed by atoms with van der Waals surface area (Å²) in [5.41, 5.74) is 2.56. The molecule has 0 spiro atoms. The molecular formula is C23H28BrNO. The maximum atomic E-state index is 6.15. The van der Waals surface area contributed by atoms with E-state index in [1.54, 1.807) is 0 Å². The molecule has 2 aromatic rings. The molecule has 0 amide bonds. The molecule has 4 saturated carbocycles. The van der Waals surface area contributed by atoms with Crippen LogP contribution in [0.5, 0.6) is 0 Å². The van der Waals surface area contributed by atoms with Crippen LogP contribution in [0.1, 0.15) is 58.1 Å². The summed E-state index contributed by atoms with van der Waals surface area (Å²) in [6.45, 7) is 5.91. The minimum atomic E-state index is 0.327. The average molecular weight is 414 g/mol. The van der Waals surface area contributed by atoms with Gasteiger partial charge in [0.2, 0.25) is 0 Å². The molecule has 4 atom stereocenters. The summed E-state index contributed by atoms with van der Waals surface area (Å²) in [7, 11) is 0. The molecule has 1 aromatic carbocycles. The van der Waals surface area contributed by atoms with Crippen LogP contribution in [0.4, 0.5) is 0 Å².